The summed E-state index contributed by atoms with van der Waals surface area (Å²) in [5.41, 5.74) is 1.17. The number of anilines is 1. The van der Waals surface area contributed by atoms with Crippen LogP contribution in [0, 0.1) is 0 Å². The maximum absolute atomic E-state index is 6.06. The van der Waals surface area contributed by atoms with Gasteiger partial charge in [0.15, 0.2) is 0 Å². The normalized spacial score (nSPS) is 19.1. The maximum atomic E-state index is 6.06. The molecule has 0 aliphatic carbocycles. The summed E-state index contributed by atoms with van der Waals surface area (Å²) < 4.78 is 5.11. The third-order valence-corrected chi connectivity index (χ3v) is 2.92. The van der Waals surface area contributed by atoms with Crippen molar-refractivity contribution in [2.75, 3.05) is 32.1 Å². The van der Waals surface area contributed by atoms with Crippen LogP contribution in [0.15, 0.2) is 18.2 Å². The molecule has 0 radical (unpaired) electrons. The molecule has 0 bridgehead atoms. The molecule has 15 heavy (non-hydrogen) atoms. The molecule has 82 valence electrons. The monoisotopic (exact) mass is 226 g/mol. The van der Waals surface area contributed by atoms with Gasteiger partial charge in [0.05, 0.1) is 18.2 Å². The molecule has 1 unspecified atom stereocenters. The van der Waals surface area contributed by atoms with Crippen LogP contribution in [0.2, 0.25) is 5.02 Å². The van der Waals surface area contributed by atoms with Crippen LogP contribution < -0.4 is 15.0 Å². The third kappa shape index (κ3) is 2.19. The highest BCUT2D eigenvalue weighted by molar-refractivity contribution is 6.32. The fourth-order valence-corrected chi connectivity index (χ4v) is 1.99. The second-order valence-corrected chi connectivity index (χ2v) is 4.09. The first kappa shape index (κ1) is 10.6. The molecule has 4 heteroatoms. The molecule has 1 aliphatic rings. The highest BCUT2D eigenvalue weighted by Gasteiger charge is 2.33. The van der Waals surface area contributed by atoms with E-state index in [1.807, 2.05) is 25.2 Å². The molecule has 0 aromatic heterocycles. The van der Waals surface area contributed by atoms with E-state index in [-0.39, 0.29) is 0 Å². The van der Waals surface area contributed by atoms with E-state index in [1.54, 1.807) is 7.11 Å². The SMILES string of the molecule is CNCC1CN1c1ccc(OC)c(Cl)c1. The molecule has 1 aromatic rings. The van der Waals surface area contributed by atoms with E-state index in [0.29, 0.717) is 11.1 Å². The number of halogens is 1. The molecular formula is C11H15ClN2O. The zero-order valence-electron chi connectivity index (χ0n) is 8.96. The largest absolute Gasteiger partial charge is 0.495 e. The van der Waals surface area contributed by atoms with Gasteiger partial charge in [0, 0.05) is 18.8 Å². The van der Waals surface area contributed by atoms with E-state index in [0.717, 1.165) is 18.8 Å². The molecule has 1 heterocycles. The van der Waals surface area contributed by atoms with Crippen molar-refractivity contribution in [2.24, 2.45) is 0 Å². The minimum absolute atomic E-state index is 0.611. The first-order valence-corrected chi connectivity index (χ1v) is 5.39. The average Bonchev–Trinajstić information content (AvgIpc) is 2.98. The first-order chi connectivity index (χ1) is 7.26. The summed E-state index contributed by atoms with van der Waals surface area (Å²) >= 11 is 6.06. The van der Waals surface area contributed by atoms with Crippen LogP contribution in [0.5, 0.6) is 5.75 Å². The van der Waals surface area contributed by atoms with Crippen LogP contribution in [-0.4, -0.2) is 33.3 Å². The molecule has 1 saturated heterocycles. The minimum Gasteiger partial charge on any atom is -0.495 e. The van der Waals surface area contributed by atoms with Gasteiger partial charge in [-0.2, -0.15) is 0 Å². The van der Waals surface area contributed by atoms with Gasteiger partial charge in [0.2, 0.25) is 0 Å². The standard InChI is InChI=1S/C11H15ClN2O/c1-13-6-9-7-14(9)8-3-4-11(15-2)10(12)5-8/h3-5,9,13H,6-7H2,1-2H3. The van der Waals surface area contributed by atoms with Crippen molar-refractivity contribution >= 4 is 17.3 Å². The van der Waals surface area contributed by atoms with Crippen LogP contribution in [0.25, 0.3) is 0 Å². The number of rotatable bonds is 4. The maximum Gasteiger partial charge on any atom is 0.137 e. The lowest BCUT2D eigenvalue weighted by atomic mass is 10.3. The Morgan fingerprint density at radius 2 is 2.40 bits per heavy atom. The number of nitrogens with zero attached hydrogens (tertiary/aromatic N) is 1. The topological polar surface area (TPSA) is 24.3 Å². The predicted octanol–water partition coefficient (Wildman–Crippen LogP) is 1.76. The number of methoxy groups -OCH3 is 1. The molecule has 0 saturated carbocycles. The summed E-state index contributed by atoms with van der Waals surface area (Å²) in [6, 6.07) is 6.52. The van der Waals surface area contributed by atoms with Crippen molar-refractivity contribution in [3.8, 4) is 5.75 Å². The molecule has 3 nitrogen and oxygen atoms in total. The summed E-state index contributed by atoms with van der Waals surface area (Å²) in [6.07, 6.45) is 0. The number of benzene rings is 1. The van der Waals surface area contributed by atoms with E-state index in [1.165, 1.54) is 5.69 Å². The van der Waals surface area contributed by atoms with Crippen LogP contribution in [-0.2, 0) is 0 Å². The fraction of sp³-hybridized carbons (Fsp3) is 0.455. The quantitative estimate of drug-likeness (QED) is 0.792. The molecule has 1 N–H and O–H groups in total. The van der Waals surface area contributed by atoms with Gasteiger partial charge >= 0.3 is 0 Å². The molecule has 2 rings (SSSR count). The van der Waals surface area contributed by atoms with E-state index in [9.17, 15) is 0 Å². The molecule has 1 aromatic carbocycles. The number of nitrogens with one attached hydrogen (secondary N) is 1. The Kier molecular flexibility index (Phi) is 3.03. The van der Waals surface area contributed by atoms with E-state index >= 15 is 0 Å². The summed E-state index contributed by atoms with van der Waals surface area (Å²) in [4.78, 5) is 2.31. The molecule has 1 aliphatic heterocycles. The van der Waals surface area contributed by atoms with Crippen molar-refractivity contribution in [1.82, 2.24) is 5.32 Å². The Balaban J connectivity index is 2.08. The van der Waals surface area contributed by atoms with Gasteiger partial charge in [-0.3, -0.25) is 0 Å². The van der Waals surface area contributed by atoms with Crippen LogP contribution in [0.3, 0.4) is 0 Å². The summed E-state index contributed by atoms with van der Waals surface area (Å²) in [5, 5.41) is 3.84. The van der Waals surface area contributed by atoms with Crippen LogP contribution in [0.4, 0.5) is 5.69 Å². The second-order valence-electron chi connectivity index (χ2n) is 3.68. The smallest absolute Gasteiger partial charge is 0.137 e. The van der Waals surface area contributed by atoms with Gasteiger partial charge in [-0.1, -0.05) is 11.6 Å². The van der Waals surface area contributed by atoms with E-state index in [2.05, 4.69) is 10.2 Å². The third-order valence-electron chi connectivity index (χ3n) is 2.62. The highest BCUT2D eigenvalue weighted by Crippen LogP contribution is 2.33. The highest BCUT2D eigenvalue weighted by atomic mass is 35.5. The van der Waals surface area contributed by atoms with Crippen molar-refractivity contribution in [2.45, 2.75) is 6.04 Å². The van der Waals surface area contributed by atoms with Crippen molar-refractivity contribution in [1.29, 1.82) is 0 Å². The average molecular weight is 227 g/mol. The molecule has 0 spiro atoms. The number of ether oxygens (including phenoxy) is 1. The summed E-state index contributed by atoms with van der Waals surface area (Å²) in [7, 11) is 3.60. The Hall–Kier alpha value is -0.930. The van der Waals surface area contributed by atoms with Crippen molar-refractivity contribution in [3.63, 3.8) is 0 Å². The number of hydrogen-bond donors (Lipinski definition) is 1. The van der Waals surface area contributed by atoms with Gasteiger partial charge in [-0.15, -0.1) is 0 Å². The Bertz CT molecular complexity index is 356. The molecule has 0 amide bonds. The predicted molar refractivity (Wildman–Crippen MR) is 63.1 cm³/mol. The second kappa shape index (κ2) is 4.29. The first-order valence-electron chi connectivity index (χ1n) is 5.01. The number of likely N-dealkylation sites (N-methyl/N-ethyl adjacent to an activating group) is 1. The lowest BCUT2D eigenvalue weighted by molar-refractivity contribution is 0.415. The molecular weight excluding hydrogens is 212 g/mol. The van der Waals surface area contributed by atoms with Crippen molar-refractivity contribution < 1.29 is 4.74 Å². The van der Waals surface area contributed by atoms with Gasteiger partial charge < -0.3 is 15.0 Å². The van der Waals surface area contributed by atoms with Gasteiger partial charge in [0.1, 0.15) is 5.75 Å². The number of hydrogen-bond acceptors (Lipinski definition) is 3. The fourth-order valence-electron chi connectivity index (χ4n) is 1.74. The summed E-state index contributed by atoms with van der Waals surface area (Å²) in [6.45, 7) is 2.12. The Morgan fingerprint density at radius 1 is 1.60 bits per heavy atom. The van der Waals surface area contributed by atoms with Gasteiger partial charge in [-0.25, -0.2) is 0 Å². The molecule has 1 atom stereocenters. The van der Waals surface area contributed by atoms with Gasteiger partial charge in [-0.05, 0) is 25.2 Å². The zero-order chi connectivity index (χ0) is 10.8. The zero-order valence-corrected chi connectivity index (χ0v) is 9.71. The Labute approximate surface area is 95.0 Å². The lowest BCUT2D eigenvalue weighted by Crippen LogP contribution is -2.17. The van der Waals surface area contributed by atoms with Crippen LogP contribution in [0.1, 0.15) is 0 Å². The van der Waals surface area contributed by atoms with Crippen molar-refractivity contribution in [3.05, 3.63) is 23.2 Å². The van der Waals surface area contributed by atoms with E-state index in [4.69, 9.17) is 16.3 Å². The Morgan fingerprint density at radius 3 is 3.00 bits per heavy atom. The van der Waals surface area contributed by atoms with E-state index < -0.39 is 0 Å². The van der Waals surface area contributed by atoms with Crippen LogP contribution >= 0.6 is 11.6 Å². The minimum atomic E-state index is 0.611. The summed E-state index contributed by atoms with van der Waals surface area (Å²) in [5.74, 6) is 0.729. The lowest BCUT2D eigenvalue weighted by Gasteiger charge is -2.08. The molecule has 1 fully saturated rings. The van der Waals surface area contributed by atoms with Gasteiger partial charge in [0.25, 0.3) is 0 Å².